The average molecular weight is 834 g/mol. The summed E-state index contributed by atoms with van der Waals surface area (Å²) in [7, 11) is 3.43. The molecule has 0 unspecified atom stereocenters. The van der Waals surface area contributed by atoms with Gasteiger partial charge in [0.2, 0.25) is 0 Å². The molecule has 5 heterocycles. The molecule has 1 aliphatic heterocycles. The summed E-state index contributed by atoms with van der Waals surface area (Å²) in [5, 5.41) is 18.3. The van der Waals surface area contributed by atoms with Gasteiger partial charge in [0.1, 0.15) is 28.6 Å². The summed E-state index contributed by atoms with van der Waals surface area (Å²) in [6, 6.07) is 18.6. The highest BCUT2D eigenvalue weighted by molar-refractivity contribution is 6.35. The molecule has 1 amide bonds. The Kier molecular flexibility index (Phi) is 10.5. The van der Waals surface area contributed by atoms with Crippen molar-refractivity contribution in [1.29, 1.82) is 0 Å². The summed E-state index contributed by atoms with van der Waals surface area (Å²) < 4.78 is 17.9. The minimum absolute atomic E-state index is 0.0101. The summed E-state index contributed by atoms with van der Waals surface area (Å²) >= 11 is 13.6. The van der Waals surface area contributed by atoms with Gasteiger partial charge >= 0.3 is 5.97 Å². The number of carbonyl (C=O) groups is 2. The molecule has 0 aliphatic carbocycles. The lowest BCUT2D eigenvalue weighted by Gasteiger charge is -2.35. The molecule has 0 fully saturated rings. The van der Waals surface area contributed by atoms with Gasteiger partial charge in [-0.1, -0.05) is 41.4 Å². The van der Waals surface area contributed by atoms with Gasteiger partial charge in [-0.15, -0.1) is 0 Å². The number of ether oxygens (including phenoxy) is 2. The monoisotopic (exact) mass is 832 g/mol. The Bertz CT molecular complexity index is 2830. The number of aromatic nitrogens is 5. The third-order valence-corrected chi connectivity index (χ3v) is 12.5. The third kappa shape index (κ3) is 6.70. The molecule has 1 N–H and O–H groups in total. The van der Waals surface area contributed by atoms with Crippen LogP contribution in [-0.4, -0.2) is 61.1 Å². The van der Waals surface area contributed by atoms with Gasteiger partial charge in [0.15, 0.2) is 0 Å². The summed E-state index contributed by atoms with van der Waals surface area (Å²) in [6.45, 7) is 12.7. The first-order valence-electron chi connectivity index (χ1n) is 19.6. The van der Waals surface area contributed by atoms with Crippen molar-refractivity contribution in [2.24, 2.45) is 7.05 Å². The van der Waals surface area contributed by atoms with E-state index in [2.05, 4.69) is 11.5 Å². The number of anilines is 1. The summed E-state index contributed by atoms with van der Waals surface area (Å²) in [5.74, 6) is -0.0824. The van der Waals surface area contributed by atoms with Crippen molar-refractivity contribution in [3.63, 3.8) is 0 Å². The highest BCUT2D eigenvalue weighted by Crippen LogP contribution is 2.47. The molecule has 3 aromatic carbocycles. The number of aryl methyl sites for hydroxylation is 6. The van der Waals surface area contributed by atoms with Crippen LogP contribution in [0.3, 0.4) is 0 Å². The number of hydrogen-bond donors (Lipinski definition) is 1. The lowest BCUT2D eigenvalue weighted by molar-refractivity contribution is 0.0699. The molecular weight excluding hydrogens is 787 g/mol. The number of pyridine rings is 1. The molecule has 59 heavy (non-hydrogen) atoms. The summed E-state index contributed by atoms with van der Waals surface area (Å²) in [6.07, 6.45) is 1.09. The van der Waals surface area contributed by atoms with Gasteiger partial charge in [0.25, 0.3) is 5.91 Å². The Morgan fingerprint density at radius 2 is 1.71 bits per heavy atom. The molecule has 1 atom stereocenters. The van der Waals surface area contributed by atoms with E-state index in [9.17, 15) is 9.90 Å². The second kappa shape index (κ2) is 15.4. The van der Waals surface area contributed by atoms with Crippen LogP contribution in [0.5, 0.6) is 11.5 Å². The van der Waals surface area contributed by atoms with E-state index in [1.54, 1.807) is 11.0 Å². The van der Waals surface area contributed by atoms with E-state index in [1.165, 1.54) is 7.11 Å². The molecular formula is C46H46Cl2N6O5. The first-order chi connectivity index (χ1) is 28.2. The number of benzene rings is 3. The molecule has 0 saturated carbocycles. The van der Waals surface area contributed by atoms with E-state index >= 15 is 4.79 Å². The fourth-order valence-corrected chi connectivity index (χ4v) is 9.29. The Labute approximate surface area is 352 Å². The van der Waals surface area contributed by atoms with Crippen molar-refractivity contribution >= 4 is 62.7 Å². The Morgan fingerprint density at radius 1 is 0.983 bits per heavy atom. The molecule has 0 saturated heterocycles. The van der Waals surface area contributed by atoms with Gasteiger partial charge in [-0.3, -0.25) is 19.4 Å². The molecule has 7 aromatic rings. The van der Waals surface area contributed by atoms with Crippen LogP contribution in [0.25, 0.3) is 32.9 Å². The van der Waals surface area contributed by atoms with Gasteiger partial charge < -0.3 is 23.7 Å². The number of methoxy groups -OCH3 is 1. The van der Waals surface area contributed by atoms with Crippen molar-refractivity contribution < 1.29 is 24.2 Å². The number of carboxylic acids is 1. The van der Waals surface area contributed by atoms with Crippen LogP contribution >= 0.6 is 23.2 Å². The molecule has 0 spiro atoms. The van der Waals surface area contributed by atoms with Crippen molar-refractivity contribution in [3.8, 4) is 22.6 Å². The Hall–Kier alpha value is -5.78. The highest BCUT2D eigenvalue weighted by Gasteiger charge is 2.40. The lowest BCUT2D eigenvalue weighted by Crippen LogP contribution is -2.44. The number of hydrogen-bond acceptors (Lipinski definition) is 6. The molecule has 4 aromatic heterocycles. The predicted molar refractivity (Wildman–Crippen MR) is 233 cm³/mol. The topological polar surface area (TPSA) is 117 Å². The Balaban J connectivity index is 1.33. The van der Waals surface area contributed by atoms with Gasteiger partial charge in [-0.05, 0) is 114 Å². The van der Waals surface area contributed by atoms with Gasteiger partial charge in [0, 0.05) is 52.6 Å². The van der Waals surface area contributed by atoms with E-state index in [0.29, 0.717) is 51.8 Å². The highest BCUT2D eigenvalue weighted by atomic mass is 35.5. The van der Waals surface area contributed by atoms with Crippen molar-refractivity contribution in [2.75, 3.05) is 25.2 Å². The number of halogens is 2. The number of rotatable bonds is 11. The number of carbonyl (C=O) groups excluding carboxylic acids is 1. The predicted octanol–water partition coefficient (Wildman–Crippen LogP) is 10.2. The number of carboxylic acid groups (broad SMARTS) is 1. The first-order valence-corrected chi connectivity index (χ1v) is 20.4. The van der Waals surface area contributed by atoms with Crippen LogP contribution in [0, 0.1) is 34.6 Å². The van der Waals surface area contributed by atoms with Gasteiger partial charge in [0.05, 0.1) is 53.1 Å². The SMILES string of the molecule is COc1cccc2c1c(C(=O)O)c(N1C[C@@H](C)n3c(c(CCCOc4cc(C)c(Cl)c(C)c4)c4ccc(Cl)c(-c5c(C)nn(C)c5C)c43)C1=O)n2Cc1cccc(C)n1. The summed E-state index contributed by atoms with van der Waals surface area (Å²) in [5.41, 5.74) is 9.69. The fraction of sp³-hybridized carbons (Fsp3) is 0.304. The lowest BCUT2D eigenvalue weighted by atomic mass is 9.98. The summed E-state index contributed by atoms with van der Waals surface area (Å²) in [4.78, 5) is 35.5. The second-order valence-electron chi connectivity index (χ2n) is 15.5. The number of aromatic carboxylic acids is 1. The molecule has 0 bridgehead atoms. The maximum absolute atomic E-state index is 15.6. The smallest absolute Gasteiger partial charge is 0.340 e. The molecule has 304 valence electrons. The minimum Gasteiger partial charge on any atom is -0.496 e. The first kappa shape index (κ1) is 40.0. The van der Waals surface area contributed by atoms with Gasteiger partial charge in [-0.2, -0.15) is 5.10 Å². The molecule has 0 radical (unpaired) electrons. The average Bonchev–Trinajstić information content (AvgIpc) is 3.79. The fourth-order valence-electron chi connectivity index (χ4n) is 8.93. The number of nitrogens with zero attached hydrogens (tertiary/aromatic N) is 6. The van der Waals surface area contributed by atoms with E-state index in [-0.39, 0.29) is 36.4 Å². The van der Waals surface area contributed by atoms with Crippen molar-refractivity contribution in [3.05, 3.63) is 121 Å². The van der Waals surface area contributed by atoms with Crippen LogP contribution in [0.4, 0.5) is 5.82 Å². The quantitative estimate of drug-likeness (QED) is 0.129. The third-order valence-electron chi connectivity index (χ3n) is 11.5. The second-order valence-corrected chi connectivity index (χ2v) is 16.3. The van der Waals surface area contributed by atoms with Crippen molar-refractivity contribution in [1.82, 2.24) is 23.9 Å². The van der Waals surface area contributed by atoms with E-state index in [1.807, 2.05) is 106 Å². The van der Waals surface area contributed by atoms with E-state index < -0.39 is 5.97 Å². The van der Waals surface area contributed by atoms with Crippen LogP contribution in [0.1, 0.15) is 79.7 Å². The van der Waals surface area contributed by atoms with Crippen LogP contribution < -0.4 is 14.4 Å². The maximum atomic E-state index is 15.6. The van der Waals surface area contributed by atoms with E-state index in [0.717, 1.165) is 67.2 Å². The van der Waals surface area contributed by atoms with Gasteiger partial charge in [-0.25, -0.2) is 4.79 Å². The van der Waals surface area contributed by atoms with Crippen LogP contribution in [0.15, 0.2) is 60.7 Å². The number of fused-ring (bicyclic) bond motifs is 4. The zero-order valence-corrected chi connectivity index (χ0v) is 35.9. The zero-order chi connectivity index (χ0) is 42.0. The molecule has 1 aliphatic rings. The van der Waals surface area contributed by atoms with E-state index in [4.69, 9.17) is 42.8 Å². The maximum Gasteiger partial charge on any atom is 0.340 e. The van der Waals surface area contributed by atoms with Crippen LogP contribution in [-0.2, 0) is 20.0 Å². The van der Waals surface area contributed by atoms with Crippen LogP contribution in [0.2, 0.25) is 10.0 Å². The molecule has 11 nitrogen and oxygen atoms in total. The largest absolute Gasteiger partial charge is 0.496 e. The zero-order valence-electron chi connectivity index (χ0n) is 34.4. The standard InChI is InChI=1S/C46H46Cl2N6O5/c1-24-20-31(21-25(2)41(24)48)59-19-11-14-32-33-17-18-34(47)38(37-28(5)50-51(7)29(37)6)42(33)54-27(4)22-53(45(55)43(32)54)44-40(46(56)57)39-35(15-10-16-36(39)58-8)52(44)23-30-13-9-12-26(3)49-30/h9-10,12-13,15-18,20-21,27H,11,14,19,22-23H2,1-8H3,(H,56,57)/t27-/m1/s1. The normalized spacial score (nSPS) is 14.1. The van der Waals surface area contributed by atoms with Crippen molar-refractivity contribution in [2.45, 2.75) is 67.0 Å². The molecule has 13 heteroatoms. The number of amides is 1. The Morgan fingerprint density at radius 3 is 2.37 bits per heavy atom. The molecule has 8 rings (SSSR count). The minimum atomic E-state index is -1.17.